The number of carbonyl (C=O) groups is 2. The number of hydrogen-bond donors (Lipinski definition) is 0. The number of ether oxygens (including phenoxy) is 3. The van der Waals surface area contributed by atoms with Crippen LogP contribution in [-0.4, -0.2) is 24.4 Å². The van der Waals surface area contributed by atoms with E-state index >= 15 is 0 Å². The van der Waals surface area contributed by atoms with Crippen LogP contribution in [0.15, 0.2) is 75.8 Å². The van der Waals surface area contributed by atoms with Gasteiger partial charge in [0.2, 0.25) is 5.90 Å². The molecule has 6 nitrogen and oxygen atoms in total. The molecule has 0 fully saturated rings. The summed E-state index contributed by atoms with van der Waals surface area (Å²) in [5.74, 6) is -0.291. The number of carbonyl (C=O) groups excluding carboxylic acids is 2. The second-order valence-electron chi connectivity index (χ2n) is 8.12. The van der Waals surface area contributed by atoms with Crippen molar-refractivity contribution < 1.29 is 23.8 Å². The standard InChI is InChI=1S/C28H19BrClNO5S/c1-3-34-22-13-16(12-20-27(32)36-26(31-20)17-6-4-5-15(2)11-17)7-10-21(22)35-28(33)25-24(30)19-9-8-18(29)14-23(19)37-25/h4-14H,3H2,1-2H3/b20-12+. The first kappa shape index (κ1) is 25.2. The van der Waals surface area contributed by atoms with E-state index in [9.17, 15) is 9.59 Å². The molecule has 0 N–H and O–H groups in total. The molecule has 2 heterocycles. The van der Waals surface area contributed by atoms with E-state index < -0.39 is 11.9 Å². The average Bonchev–Trinajstić information content (AvgIpc) is 3.40. The van der Waals surface area contributed by atoms with Gasteiger partial charge in [-0.25, -0.2) is 14.6 Å². The summed E-state index contributed by atoms with van der Waals surface area (Å²) in [4.78, 5) is 30.1. The predicted molar refractivity (Wildman–Crippen MR) is 149 cm³/mol. The third-order valence-electron chi connectivity index (χ3n) is 5.44. The number of aliphatic imine (C=N–C) groups is 1. The van der Waals surface area contributed by atoms with Gasteiger partial charge in [-0.1, -0.05) is 57.4 Å². The Kier molecular flexibility index (Phi) is 7.15. The lowest BCUT2D eigenvalue weighted by Crippen LogP contribution is -2.08. The summed E-state index contributed by atoms with van der Waals surface area (Å²) in [6, 6.07) is 18.2. The normalized spacial score (nSPS) is 14.1. The van der Waals surface area contributed by atoms with Crippen molar-refractivity contribution in [1.82, 2.24) is 0 Å². The van der Waals surface area contributed by atoms with Gasteiger partial charge < -0.3 is 14.2 Å². The molecule has 0 amide bonds. The largest absolute Gasteiger partial charge is 0.490 e. The maximum Gasteiger partial charge on any atom is 0.363 e. The van der Waals surface area contributed by atoms with E-state index in [0.29, 0.717) is 27.8 Å². The molecule has 1 aliphatic heterocycles. The summed E-state index contributed by atoms with van der Waals surface area (Å²) < 4.78 is 18.5. The fraction of sp³-hybridized carbons (Fsp3) is 0.107. The number of cyclic esters (lactones) is 1. The van der Waals surface area contributed by atoms with Crippen molar-refractivity contribution in [1.29, 1.82) is 0 Å². The van der Waals surface area contributed by atoms with E-state index in [-0.39, 0.29) is 17.3 Å². The molecule has 0 bridgehead atoms. The Bertz CT molecular complexity index is 1620. The van der Waals surface area contributed by atoms with E-state index in [1.165, 1.54) is 11.3 Å². The van der Waals surface area contributed by atoms with E-state index in [2.05, 4.69) is 20.9 Å². The van der Waals surface area contributed by atoms with Crippen LogP contribution in [0, 0.1) is 6.92 Å². The molecule has 1 aromatic heterocycles. The highest BCUT2D eigenvalue weighted by atomic mass is 79.9. The summed E-state index contributed by atoms with van der Waals surface area (Å²) >= 11 is 11.2. The van der Waals surface area contributed by atoms with Crippen molar-refractivity contribution in [2.75, 3.05) is 6.61 Å². The fourth-order valence-electron chi connectivity index (χ4n) is 3.75. The van der Waals surface area contributed by atoms with Crippen molar-refractivity contribution in [3.05, 3.63) is 97.4 Å². The van der Waals surface area contributed by atoms with Gasteiger partial charge in [-0.2, -0.15) is 0 Å². The minimum Gasteiger partial charge on any atom is -0.490 e. The molecule has 0 saturated heterocycles. The van der Waals surface area contributed by atoms with E-state index in [1.807, 2.05) is 56.3 Å². The van der Waals surface area contributed by atoms with Gasteiger partial charge in [0, 0.05) is 20.1 Å². The van der Waals surface area contributed by atoms with Gasteiger partial charge in [0.15, 0.2) is 17.2 Å². The summed E-state index contributed by atoms with van der Waals surface area (Å²) in [6.45, 7) is 4.12. The molecular formula is C28H19BrClNO5S. The monoisotopic (exact) mass is 595 g/mol. The van der Waals surface area contributed by atoms with Gasteiger partial charge >= 0.3 is 11.9 Å². The Morgan fingerprint density at radius 3 is 2.76 bits per heavy atom. The number of esters is 2. The molecule has 1 aliphatic rings. The number of rotatable bonds is 6. The van der Waals surface area contributed by atoms with Crippen molar-refractivity contribution in [2.45, 2.75) is 13.8 Å². The van der Waals surface area contributed by atoms with Crippen molar-refractivity contribution in [3.8, 4) is 11.5 Å². The van der Waals surface area contributed by atoms with Crippen LogP contribution in [-0.2, 0) is 9.53 Å². The average molecular weight is 597 g/mol. The van der Waals surface area contributed by atoms with Gasteiger partial charge in [-0.3, -0.25) is 0 Å². The zero-order chi connectivity index (χ0) is 26.1. The lowest BCUT2D eigenvalue weighted by atomic mass is 10.1. The highest BCUT2D eigenvalue weighted by Crippen LogP contribution is 2.38. The van der Waals surface area contributed by atoms with E-state index in [4.69, 9.17) is 25.8 Å². The Morgan fingerprint density at radius 1 is 1.14 bits per heavy atom. The third-order valence-corrected chi connectivity index (χ3v) is 7.57. The molecule has 3 aromatic carbocycles. The molecule has 4 aromatic rings. The first-order valence-electron chi connectivity index (χ1n) is 11.3. The SMILES string of the molecule is CCOc1cc(/C=C2/N=C(c3cccc(C)c3)OC2=O)ccc1OC(=O)c1sc2cc(Br)ccc2c1Cl. The smallest absolute Gasteiger partial charge is 0.363 e. The van der Waals surface area contributed by atoms with Crippen LogP contribution in [0.25, 0.3) is 16.2 Å². The Labute approximate surface area is 230 Å². The van der Waals surface area contributed by atoms with Crippen LogP contribution in [0.1, 0.15) is 33.3 Å². The fourth-order valence-corrected chi connectivity index (χ4v) is 5.69. The first-order valence-corrected chi connectivity index (χ1v) is 13.3. The van der Waals surface area contributed by atoms with Gasteiger partial charge in [0.05, 0.1) is 11.6 Å². The number of halogens is 2. The van der Waals surface area contributed by atoms with Crippen LogP contribution >= 0.6 is 38.9 Å². The van der Waals surface area contributed by atoms with Crippen LogP contribution in [0.5, 0.6) is 11.5 Å². The molecule has 0 radical (unpaired) electrons. The van der Waals surface area contributed by atoms with Gasteiger partial charge in [-0.05, 0) is 61.9 Å². The minimum atomic E-state index is -0.582. The number of thiophene rings is 1. The predicted octanol–water partition coefficient (Wildman–Crippen LogP) is 7.59. The third kappa shape index (κ3) is 5.32. The van der Waals surface area contributed by atoms with Crippen molar-refractivity contribution in [3.63, 3.8) is 0 Å². The molecule has 5 rings (SSSR count). The second kappa shape index (κ2) is 10.5. The summed E-state index contributed by atoms with van der Waals surface area (Å²) in [6.07, 6.45) is 1.60. The van der Waals surface area contributed by atoms with E-state index in [1.54, 1.807) is 24.3 Å². The maximum atomic E-state index is 13.0. The molecule has 0 saturated carbocycles. The zero-order valence-electron chi connectivity index (χ0n) is 19.7. The number of nitrogens with zero attached hydrogens (tertiary/aromatic N) is 1. The lowest BCUT2D eigenvalue weighted by molar-refractivity contribution is -0.129. The highest BCUT2D eigenvalue weighted by Gasteiger charge is 2.25. The summed E-state index contributed by atoms with van der Waals surface area (Å²) in [5.41, 5.74) is 2.55. The Morgan fingerprint density at radius 2 is 1.97 bits per heavy atom. The van der Waals surface area contributed by atoms with Gasteiger partial charge in [-0.15, -0.1) is 11.3 Å². The molecule has 0 aliphatic carbocycles. The van der Waals surface area contributed by atoms with Crippen LogP contribution in [0.3, 0.4) is 0 Å². The van der Waals surface area contributed by atoms with Gasteiger partial charge in [0.25, 0.3) is 0 Å². The molecule has 186 valence electrons. The number of hydrogen-bond acceptors (Lipinski definition) is 7. The van der Waals surface area contributed by atoms with Crippen molar-refractivity contribution >= 4 is 72.9 Å². The summed E-state index contributed by atoms with van der Waals surface area (Å²) in [5, 5.41) is 1.13. The maximum absolute atomic E-state index is 13.0. The van der Waals surface area contributed by atoms with Crippen LogP contribution < -0.4 is 9.47 Å². The molecule has 0 spiro atoms. The summed E-state index contributed by atoms with van der Waals surface area (Å²) in [7, 11) is 0. The first-order chi connectivity index (χ1) is 17.8. The molecular weight excluding hydrogens is 578 g/mol. The molecule has 37 heavy (non-hydrogen) atoms. The Balaban J connectivity index is 1.42. The van der Waals surface area contributed by atoms with Gasteiger partial charge in [0.1, 0.15) is 4.88 Å². The van der Waals surface area contributed by atoms with E-state index in [0.717, 1.165) is 25.7 Å². The number of aryl methyl sites for hydroxylation is 1. The van der Waals surface area contributed by atoms with Crippen LogP contribution in [0.4, 0.5) is 0 Å². The zero-order valence-corrected chi connectivity index (χ0v) is 22.9. The molecule has 0 unspecified atom stereocenters. The second-order valence-corrected chi connectivity index (χ2v) is 10.5. The minimum absolute atomic E-state index is 0.159. The molecule has 9 heteroatoms. The van der Waals surface area contributed by atoms with Crippen molar-refractivity contribution in [2.24, 2.45) is 4.99 Å². The van der Waals surface area contributed by atoms with Crippen LogP contribution in [0.2, 0.25) is 5.02 Å². The highest BCUT2D eigenvalue weighted by molar-refractivity contribution is 9.10. The molecule has 0 atom stereocenters. The lowest BCUT2D eigenvalue weighted by Gasteiger charge is -2.11. The quantitative estimate of drug-likeness (QED) is 0.130. The Hall–Kier alpha value is -3.46. The number of fused-ring (bicyclic) bond motifs is 1. The topological polar surface area (TPSA) is 74.2 Å². The number of benzene rings is 3.